The monoisotopic (exact) mass is 291 g/mol. The maximum Gasteiger partial charge on any atom is 0.135 e. The zero-order valence-corrected chi connectivity index (χ0v) is 13.0. The van der Waals surface area contributed by atoms with Crippen LogP contribution in [0.5, 0.6) is 5.75 Å². The lowest BCUT2D eigenvalue weighted by molar-refractivity contribution is 0.303. The third-order valence-corrected chi connectivity index (χ3v) is 3.27. The number of hydrogen-bond donors (Lipinski definition) is 1. The molecule has 0 atom stereocenters. The highest BCUT2D eigenvalue weighted by atomic mass is 19.1. The smallest absolute Gasteiger partial charge is 0.135 e. The van der Waals surface area contributed by atoms with Crippen molar-refractivity contribution in [3.63, 3.8) is 0 Å². The molecule has 0 amide bonds. The van der Waals surface area contributed by atoms with Gasteiger partial charge in [-0.05, 0) is 24.6 Å². The summed E-state index contributed by atoms with van der Waals surface area (Å²) in [7, 11) is 0. The SMILES string of the molecule is CCCCCCCCCOc1ccc(F)cc1C#CCN. The van der Waals surface area contributed by atoms with Crippen LogP contribution in [0.25, 0.3) is 0 Å². The molecule has 0 aliphatic carbocycles. The van der Waals surface area contributed by atoms with Crippen molar-refractivity contribution in [1.29, 1.82) is 0 Å². The Morgan fingerprint density at radius 3 is 2.52 bits per heavy atom. The van der Waals surface area contributed by atoms with Crippen molar-refractivity contribution < 1.29 is 9.13 Å². The second-order valence-electron chi connectivity index (χ2n) is 5.12. The fourth-order valence-corrected chi connectivity index (χ4v) is 2.11. The zero-order chi connectivity index (χ0) is 15.3. The molecule has 21 heavy (non-hydrogen) atoms. The lowest BCUT2D eigenvalue weighted by Gasteiger charge is -2.08. The second kappa shape index (κ2) is 11.2. The van der Waals surface area contributed by atoms with E-state index in [-0.39, 0.29) is 12.4 Å². The highest BCUT2D eigenvalue weighted by Gasteiger charge is 2.03. The summed E-state index contributed by atoms with van der Waals surface area (Å²) in [6.45, 7) is 3.13. The van der Waals surface area contributed by atoms with Crippen molar-refractivity contribution in [2.75, 3.05) is 13.2 Å². The minimum atomic E-state index is -0.306. The molecule has 116 valence electrons. The van der Waals surface area contributed by atoms with Gasteiger partial charge in [-0.15, -0.1) is 0 Å². The highest BCUT2D eigenvalue weighted by molar-refractivity contribution is 5.46. The molecule has 2 N–H and O–H groups in total. The summed E-state index contributed by atoms with van der Waals surface area (Å²) in [6.07, 6.45) is 8.69. The summed E-state index contributed by atoms with van der Waals surface area (Å²) in [5, 5.41) is 0. The van der Waals surface area contributed by atoms with Gasteiger partial charge in [-0.3, -0.25) is 0 Å². The van der Waals surface area contributed by atoms with Gasteiger partial charge in [-0.2, -0.15) is 0 Å². The highest BCUT2D eigenvalue weighted by Crippen LogP contribution is 2.19. The van der Waals surface area contributed by atoms with E-state index in [9.17, 15) is 4.39 Å². The van der Waals surface area contributed by atoms with Gasteiger partial charge < -0.3 is 10.5 Å². The first-order valence-electron chi connectivity index (χ1n) is 7.89. The Morgan fingerprint density at radius 1 is 1.10 bits per heavy atom. The van der Waals surface area contributed by atoms with Crippen LogP contribution in [-0.2, 0) is 0 Å². The van der Waals surface area contributed by atoms with Crippen LogP contribution in [0.3, 0.4) is 0 Å². The predicted molar refractivity (Wildman–Crippen MR) is 85.8 cm³/mol. The zero-order valence-electron chi connectivity index (χ0n) is 13.0. The summed E-state index contributed by atoms with van der Waals surface area (Å²) < 4.78 is 18.9. The van der Waals surface area contributed by atoms with E-state index in [1.165, 1.54) is 50.7 Å². The molecule has 0 radical (unpaired) electrons. The molecule has 2 nitrogen and oxygen atoms in total. The molecule has 3 heteroatoms. The van der Waals surface area contributed by atoms with Crippen LogP contribution in [0.1, 0.15) is 57.4 Å². The molecular weight excluding hydrogens is 265 g/mol. The minimum absolute atomic E-state index is 0.258. The van der Waals surface area contributed by atoms with Crippen molar-refractivity contribution in [2.24, 2.45) is 5.73 Å². The maximum atomic E-state index is 13.2. The lowest BCUT2D eigenvalue weighted by Crippen LogP contribution is -2.00. The largest absolute Gasteiger partial charge is 0.492 e. The van der Waals surface area contributed by atoms with E-state index >= 15 is 0 Å². The fourth-order valence-electron chi connectivity index (χ4n) is 2.11. The number of rotatable bonds is 9. The third kappa shape index (κ3) is 7.72. The fraction of sp³-hybridized carbons (Fsp3) is 0.556. The van der Waals surface area contributed by atoms with Crippen molar-refractivity contribution >= 4 is 0 Å². The van der Waals surface area contributed by atoms with Gasteiger partial charge in [-0.1, -0.05) is 57.3 Å². The molecule has 0 saturated heterocycles. The topological polar surface area (TPSA) is 35.2 Å². The molecule has 1 aromatic rings. The number of benzene rings is 1. The van der Waals surface area contributed by atoms with Crippen LogP contribution in [0.15, 0.2) is 18.2 Å². The molecule has 0 heterocycles. The lowest BCUT2D eigenvalue weighted by atomic mass is 10.1. The number of nitrogens with two attached hydrogens (primary N) is 1. The Balaban J connectivity index is 2.31. The van der Waals surface area contributed by atoms with Crippen LogP contribution >= 0.6 is 0 Å². The Morgan fingerprint density at radius 2 is 1.81 bits per heavy atom. The predicted octanol–water partition coefficient (Wildman–Crippen LogP) is 4.27. The molecule has 1 rings (SSSR count). The van der Waals surface area contributed by atoms with Crippen molar-refractivity contribution in [1.82, 2.24) is 0 Å². The van der Waals surface area contributed by atoms with E-state index in [1.807, 2.05) is 0 Å². The number of hydrogen-bond acceptors (Lipinski definition) is 2. The molecule has 0 spiro atoms. The maximum absolute atomic E-state index is 13.2. The Labute approximate surface area is 127 Å². The summed E-state index contributed by atoms with van der Waals surface area (Å²) in [4.78, 5) is 0. The number of ether oxygens (including phenoxy) is 1. The van der Waals surface area contributed by atoms with E-state index in [1.54, 1.807) is 6.07 Å². The van der Waals surface area contributed by atoms with Crippen LogP contribution < -0.4 is 10.5 Å². The molecule has 1 aromatic carbocycles. The molecule has 0 aliphatic heterocycles. The summed E-state index contributed by atoms with van der Waals surface area (Å²) >= 11 is 0. The first kappa shape index (κ1) is 17.5. The summed E-state index contributed by atoms with van der Waals surface area (Å²) in [5.74, 6) is 5.92. The summed E-state index contributed by atoms with van der Waals surface area (Å²) in [5.41, 5.74) is 5.92. The molecule has 0 aliphatic rings. The van der Waals surface area contributed by atoms with Crippen LogP contribution in [0.4, 0.5) is 4.39 Å². The standard InChI is InChI=1S/C18H26FNO/c1-2-3-4-5-6-7-8-14-21-18-12-11-17(19)15-16(18)10-9-13-20/h11-12,15H,2-8,13-14,20H2,1H3. The van der Waals surface area contributed by atoms with Crippen LogP contribution in [0, 0.1) is 17.7 Å². The Hall–Kier alpha value is -1.53. The first-order valence-corrected chi connectivity index (χ1v) is 7.89. The second-order valence-corrected chi connectivity index (χ2v) is 5.12. The van der Waals surface area contributed by atoms with Crippen molar-refractivity contribution in [3.8, 4) is 17.6 Å². The normalized spacial score (nSPS) is 10.0. The minimum Gasteiger partial charge on any atom is -0.492 e. The number of halogens is 1. The molecule has 0 saturated carbocycles. The number of unbranched alkanes of at least 4 members (excludes halogenated alkanes) is 6. The summed E-state index contributed by atoms with van der Waals surface area (Å²) in [6, 6.07) is 4.42. The van der Waals surface area contributed by atoms with Gasteiger partial charge >= 0.3 is 0 Å². The van der Waals surface area contributed by atoms with E-state index in [4.69, 9.17) is 10.5 Å². The van der Waals surface area contributed by atoms with Gasteiger partial charge in [0.2, 0.25) is 0 Å². The molecule has 0 unspecified atom stereocenters. The average Bonchev–Trinajstić information content (AvgIpc) is 2.49. The van der Waals surface area contributed by atoms with E-state index in [2.05, 4.69) is 18.8 Å². The van der Waals surface area contributed by atoms with Gasteiger partial charge in [-0.25, -0.2) is 4.39 Å². The van der Waals surface area contributed by atoms with Gasteiger partial charge in [0.05, 0.1) is 18.7 Å². The van der Waals surface area contributed by atoms with Crippen LogP contribution in [-0.4, -0.2) is 13.2 Å². The van der Waals surface area contributed by atoms with Crippen molar-refractivity contribution in [3.05, 3.63) is 29.6 Å². The first-order chi connectivity index (χ1) is 10.3. The van der Waals surface area contributed by atoms with Gasteiger partial charge in [0.25, 0.3) is 0 Å². The quantitative estimate of drug-likeness (QED) is 0.545. The third-order valence-electron chi connectivity index (χ3n) is 3.27. The van der Waals surface area contributed by atoms with Gasteiger partial charge in [0.1, 0.15) is 11.6 Å². The Bertz CT molecular complexity index is 462. The Kier molecular flexibility index (Phi) is 9.32. The van der Waals surface area contributed by atoms with E-state index in [0.717, 1.165) is 6.42 Å². The molecule has 0 fully saturated rings. The van der Waals surface area contributed by atoms with Gasteiger partial charge in [0, 0.05) is 0 Å². The van der Waals surface area contributed by atoms with Crippen molar-refractivity contribution in [2.45, 2.75) is 51.9 Å². The molecule has 0 bridgehead atoms. The average molecular weight is 291 g/mol. The van der Waals surface area contributed by atoms with Crippen LogP contribution in [0.2, 0.25) is 0 Å². The molecule has 0 aromatic heterocycles. The molecular formula is C18H26FNO. The van der Waals surface area contributed by atoms with E-state index < -0.39 is 0 Å². The van der Waals surface area contributed by atoms with E-state index in [0.29, 0.717) is 17.9 Å². The van der Waals surface area contributed by atoms with Gasteiger partial charge in [0.15, 0.2) is 0 Å².